The fourth-order valence-corrected chi connectivity index (χ4v) is 2.65. The number of hydrogen-bond donors (Lipinski definition) is 3. The van der Waals surface area contributed by atoms with E-state index in [9.17, 15) is 14.7 Å². The lowest BCUT2D eigenvalue weighted by Crippen LogP contribution is -2.38. The fraction of sp³-hybridized carbons (Fsp3) is 0.357. The molecule has 1 atom stereocenters. The molecule has 3 rings (SSSR count). The molecule has 2 aromatic rings. The Morgan fingerprint density at radius 2 is 2.22 bits per heavy atom. The van der Waals surface area contributed by atoms with Crippen LogP contribution in [0.1, 0.15) is 27.8 Å². The van der Waals surface area contributed by atoms with Gasteiger partial charge < -0.3 is 20.1 Å². The van der Waals surface area contributed by atoms with Gasteiger partial charge in [-0.3, -0.25) is 14.3 Å². The number of fused-ring (bicyclic) bond motifs is 1. The van der Waals surface area contributed by atoms with E-state index in [2.05, 4.69) is 10.1 Å². The maximum atomic E-state index is 12.5. The molecule has 2 aromatic heterocycles. The molecule has 1 aliphatic heterocycles. The maximum Gasteiger partial charge on any atom is 0.266 e. The molecule has 0 spiro atoms. The minimum absolute atomic E-state index is 0.0359. The zero-order valence-corrected chi connectivity index (χ0v) is 12.8. The average Bonchev–Trinajstić information content (AvgIpc) is 2.99. The van der Waals surface area contributed by atoms with Gasteiger partial charge in [-0.15, -0.1) is 0 Å². The van der Waals surface area contributed by atoms with Gasteiger partial charge in [0, 0.05) is 12.7 Å². The molecule has 122 valence electrons. The number of aromatic amines is 1. The Morgan fingerprint density at radius 1 is 1.43 bits per heavy atom. The Bertz CT molecular complexity index is 800. The number of nitrogens with zero attached hydrogens (tertiary/aromatic N) is 3. The van der Waals surface area contributed by atoms with E-state index in [1.165, 1.54) is 12.3 Å². The summed E-state index contributed by atoms with van der Waals surface area (Å²) in [5, 5.41) is 22.8. The number of aromatic nitrogens is 3. The van der Waals surface area contributed by atoms with Crippen LogP contribution < -0.4 is 5.56 Å². The van der Waals surface area contributed by atoms with Crippen LogP contribution in [0.2, 0.25) is 5.02 Å². The Balaban J connectivity index is 1.81. The molecule has 1 amide bonds. The summed E-state index contributed by atoms with van der Waals surface area (Å²) < 4.78 is 1.71. The lowest BCUT2D eigenvalue weighted by molar-refractivity contribution is 0.0704. The zero-order valence-electron chi connectivity index (χ0n) is 12.1. The van der Waals surface area contributed by atoms with Crippen molar-refractivity contribution in [3.63, 3.8) is 0 Å². The van der Waals surface area contributed by atoms with Gasteiger partial charge in [-0.25, -0.2) is 0 Å². The monoisotopic (exact) mass is 338 g/mol. The summed E-state index contributed by atoms with van der Waals surface area (Å²) in [5.74, 6) is -0.250. The highest BCUT2D eigenvalue weighted by Crippen LogP contribution is 2.19. The molecule has 0 saturated heterocycles. The normalized spacial score (nSPS) is 15.3. The van der Waals surface area contributed by atoms with E-state index in [4.69, 9.17) is 16.7 Å². The highest BCUT2D eigenvalue weighted by atomic mass is 35.5. The second-order valence-electron chi connectivity index (χ2n) is 5.27. The first-order chi connectivity index (χ1) is 11.0. The van der Waals surface area contributed by atoms with Gasteiger partial charge in [0.1, 0.15) is 11.1 Å². The number of aliphatic hydroxyl groups excluding tert-OH is 2. The third-order valence-electron chi connectivity index (χ3n) is 3.72. The number of rotatable bonds is 3. The van der Waals surface area contributed by atoms with Crippen molar-refractivity contribution >= 4 is 17.5 Å². The average molecular weight is 339 g/mol. The summed E-state index contributed by atoms with van der Waals surface area (Å²) >= 11 is 5.75. The highest BCUT2D eigenvalue weighted by Gasteiger charge is 2.25. The minimum atomic E-state index is -1.03. The van der Waals surface area contributed by atoms with Crippen molar-refractivity contribution in [3.05, 3.63) is 50.7 Å². The zero-order chi connectivity index (χ0) is 16.6. The van der Waals surface area contributed by atoms with Crippen molar-refractivity contribution < 1.29 is 15.0 Å². The standard InChI is InChI=1S/C14H15ClN4O4/c15-10-3-8(5-16-13(10)22)14(23)18-1-2-19-9(6-18)4-11(17-19)12(21)7-20/h3-5,12,20-21H,1-2,6-7H2,(H,16,22)/t12-/m0/s1. The summed E-state index contributed by atoms with van der Waals surface area (Å²) in [4.78, 5) is 27.8. The van der Waals surface area contributed by atoms with Crippen molar-refractivity contribution in [1.29, 1.82) is 0 Å². The lowest BCUT2D eigenvalue weighted by atomic mass is 10.2. The Kier molecular flexibility index (Phi) is 4.20. The van der Waals surface area contributed by atoms with E-state index in [1.54, 1.807) is 15.6 Å². The Morgan fingerprint density at radius 3 is 2.91 bits per heavy atom. The Hall–Kier alpha value is -2.16. The van der Waals surface area contributed by atoms with Crippen LogP contribution in [0.5, 0.6) is 0 Å². The van der Waals surface area contributed by atoms with Gasteiger partial charge in [-0.1, -0.05) is 11.6 Å². The molecule has 1 aliphatic rings. The first kappa shape index (κ1) is 15.7. The highest BCUT2D eigenvalue weighted by molar-refractivity contribution is 6.30. The maximum absolute atomic E-state index is 12.5. The van der Waals surface area contributed by atoms with E-state index >= 15 is 0 Å². The van der Waals surface area contributed by atoms with Crippen LogP contribution in [0.3, 0.4) is 0 Å². The van der Waals surface area contributed by atoms with Crippen molar-refractivity contribution in [2.24, 2.45) is 0 Å². The number of nitrogens with one attached hydrogen (secondary N) is 1. The van der Waals surface area contributed by atoms with E-state index in [1.807, 2.05) is 0 Å². The van der Waals surface area contributed by atoms with E-state index in [0.29, 0.717) is 30.9 Å². The van der Waals surface area contributed by atoms with Crippen molar-refractivity contribution in [2.45, 2.75) is 19.2 Å². The molecule has 0 saturated carbocycles. The fourth-order valence-electron chi connectivity index (χ4n) is 2.48. The number of carbonyl (C=O) groups is 1. The minimum Gasteiger partial charge on any atom is -0.393 e. The van der Waals surface area contributed by atoms with Crippen LogP contribution in [-0.2, 0) is 13.1 Å². The van der Waals surface area contributed by atoms with Crippen molar-refractivity contribution in [1.82, 2.24) is 19.7 Å². The van der Waals surface area contributed by atoms with Gasteiger partial charge in [0.25, 0.3) is 11.5 Å². The molecular formula is C14H15ClN4O4. The number of H-pyrrole nitrogens is 1. The van der Waals surface area contributed by atoms with Gasteiger partial charge in [0.2, 0.25) is 0 Å². The van der Waals surface area contributed by atoms with Crippen LogP contribution >= 0.6 is 11.6 Å². The van der Waals surface area contributed by atoms with Crippen LogP contribution in [0.15, 0.2) is 23.1 Å². The largest absolute Gasteiger partial charge is 0.393 e. The molecule has 0 radical (unpaired) electrons. The second kappa shape index (κ2) is 6.15. The molecule has 23 heavy (non-hydrogen) atoms. The molecule has 3 heterocycles. The van der Waals surface area contributed by atoms with Crippen molar-refractivity contribution in [3.8, 4) is 0 Å². The summed E-state index contributed by atoms with van der Waals surface area (Å²) in [7, 11) is 0. The van der Waals surface area contributed by atoms with E-state index in [-0.39, 0.29) is 10.9 Å². The number of halogens is 1. The van der Waals surface area contributed by atoms with Crippen LogP contribution in [-0.4, -0.2) is 48.9 Å². The van der Waals surface area contributed by atoms with Crippen LogP contribution in [0, 0.1) is 0 Å². The third kappa shape index (κ3) is 3.00. The molecule has 0 aromatic carbocycles. The molecule has 3 N–H and O–H groups in total. The predicted octanol–water partition coefficient (Wildman–Crippen LogP) is -0.0935. The summed E-state index contributed by atoms with van der Waals surface area (Å²) in [6, 6.07) is 3.01. The van der Waals surface area contributed by atoms with Crippen molar-refractivity contribution in [2.75, 3.05) is 13.2 Å². The summed E-state index contributed by atoms with van der Waals surface area (Å²) in [6.45, 7) is 0.838. The molecule has 0 unspecified atom stereocenters. The smallest absolute Gasteiger partial charge is 0.266 e. The summed E-state index contributed by atoms with van der Waals surface area (Å²) in [6.07, 6.45) is 0.305. The quantitative estimate of drug-likeness (QED) is 0.724. The summed E-state index contributed by atoms with van der Waals surface area (Å²) in [5.41, 5.74) is 1.01. The topological polar surface area (TPSA) is 111 Å². The predicted molar refractivity (Wildman–Crippen MR) is 81.1 cm³/mol. The number of pyridine rings is 1. The second-order valence-corrected chi connectivity index (χ2v) is 5.68. The molecule has 0 bridgehead atoms. The first-order valence-electron chi connectivity index (χ1n) is 7.02. The van der Waals surface area contributed by atoms with Gasteiger partial charge in [0.15, 0.2) is 0 Å². The molecule has 9 heteroatoms. The van der Waals surface area contributed by atoms with Crippen LogP contribution in [0.4, 0.5) is 0 Å². The number of amides is 1. The van der Waals surface area contributed by atoms with Gasteiger partial charge in [-0.2, -0.15) is 5.10 Å². The van der Waals surface area contributed by atoms with Gasteiger partial charge >= 0.3 is 0 Å². The molecule has 0 fully saturated rings. The van der Waals surface area contributed by atoms with Crippen LogP contribution in [0.25, 0.3) is 0 Å². The molecule has 0 aliphatic carbocycles. The van der Waals surface area contributed by atoms with E-state index in [0.717, 1.165) is 5.69 Å². The number of carbonyl (C=O) groups excluding carboxylic acids is 1. The lowest BCUT2D eigenvalue weighted by Gasteiger charge is -2.27. The first-order valence-corrected chi connectivity index (χ1v) is 7.40. The van der Waals surface area contributed by atoms with Gasteiger partial charge in [0.05, 0.1) is 36.6 Å². The number of hydrogen-bond acceptors (Lipinski definition) is 5. The molecular weight excluding hydrogens is 324 g/mol. The van der Waals surface area contributed by atoms with Gasteiger partial charge in [-0.05, 0) is 12.1 Å². The third-order valence-corrected chi connectivity index (χ3v) is 4.00. The van der Waals surface area contributed by atoms with E-state index < -0.39 is 18.3 Å². The Labute approximate surface area is 135 Å². The molecule has 8 nitrogen and oxygen atoms in total. The number of aliphatic hydroxyl groups is 2. The SMILES string of the molecule is O=C(c1c[nH]c(=O)c(Cl)c1)N1CCn2nc([C@@H](O)CO)cc2C1.